The molecule has 1 aromatic carbocycles. The largest absolute Gasteiger partial charge is 0.296 e. The van der Waals surface area contributed by atoms with E-state index in [1.54, 1.807) is 29.8 Å². The first-order chi connectivity index (χ1) is 9.08. The topological polar surface area (TPSA) is 72.0 Å². The van der Waals surface area contributed by atoms with Crippen molar-refractivity contribution < 1.29 is 9.00 Å². The Morgan fingerprint density at radius 1 is 1.32 bits per heavy atom. The Hall–Kier alpha value is -1.60. The van der Waals surface area contributed by atoms with Crippen LogP contribution in [-0.4, -0.2) is 25.6 Å². The van der Waals surface area contributed by atoms with Gasteiger partial charge in [0.15, 0.2) is 0 Å². The number of benzene rings is 1. The molecule has 2 aromatic rings. The predicted octanol–water partition coefficient (Wildman–Crippen LogP) is 2.31. The molecule has 1 heterocycles. The smallest absolute Gasteiger partial charge is 0.257 e. The number of amides is 1. The lowest BCUT2D eigenvalue weighted by Crippen LogP contribution is -2.12. The van der Waals surface area contributed by atoms with Gasteiger partial charge in [0.2, 0.25) is 5.13 Å². The normalized spacial score (nSPS) is 12.4. The molecule has 1 aromatic heterocycles. The quantitative estimate of drug-likeness (QED) is 0.939. The molecule has 0 radical (unpaired) electrons. The zero-order valence-corrected chi connectivity index (χ0v) is 12.1. The van der Waals surface area contributed by atoms with Crippen molar-refractivity contribution in [2.75, 3.05) is 5.32 Å². The first-order valence-electron chi connectivity index (χ1n) is 5.66. The van der Waals surface area contributed by atoms with Gasteiger partial charge in [0.1, 0.15) is 5.51 Å². The number of nitrogens with one attached hydrogen (secondary N) is 1. The maximum atomic E-state index is 11.9. The van der Waals surface area contributed by atoms with Gasteiger partial charge in [-0.05, 0) is 24.3 Å². The van der Waals surface area contributed by atoms with Crippen molar-refractivity contribution in [3.8, 4) is 0 Å². The average Bonchev–Trinajstić information content (AvgIpc) is 2.90. The summed E-state index contributed by atoms with van der Waals surface area (Å²) in [5.74, 6) is -0.251. The first kappa shape index (κ1) is 13.8. The highest BCUT2D eigenvalue weighted by Gasteiger charge is 2.11. The van der Waals surface area contributed by atoms with Gasteiger partial charge in [0.25, 0.3) is 5.91 Å². The van der Waals surface area contributed by atoms with E-state index in [2.05, 4.69) is 15.5 Å². The number of hydrogen-bond donors (Lipinski definition) is 1. The number of aromatic nitrogens is 2. The van der Waals surface area contributed by atoms with Crippen LogP contribution in [0.15, 0.2) is 34.7 Å². The van der Waals surface area contributed by atoms with Gasteiger partial charge in [-0.25, -0.2) is 0 Å². The Morgan fingerprint density at radius 3 is 2.53 bits per heavy atom. The van der Waals surface area contributed by atoms with Gasteiger partial charge in [-0.15, -0.1) is 10.2 Å². The van der Waals surface area contributed by atoms with Crippen molar-refractivity contribution in [2.45, 2.75) is 24.0 Å². The molecule has 1 N–H and O–H groups in total. The highest BCUT2D eigenvalue weighted by molar-refractivity contribution is 7.85. The van der Waals surface area contributed by atoms with Crippen LogP contribution in [0, 0.1) is 0 Å². The fraction of sp³-hybridized carbons (Fsp3) is 0.250. The molecule has 5 nitrogen and oxygen atoms in total. The molecule has 0 unspecified atom stereocenters. The van der Waals surface area contributed by atoms with E-state index in [0.29, 0.717) is 10.7 Å². The summed E-state index contributed by atoms with van der Waals surface area (Å²) in [6.45, 7) is 3.79. The molecule has 0 aliphatic heterocycles. The standard InChI is InChI=1S/C12H13N3O2S2/c1-8(2)19(17)10-5-3-9(4-6-10)11(16)14-12-15-13-7-18-12/h3-8H,1-2H3,(H,14,15,16)/t19-/m0/s1. The van der Waals surface area contributed by atoms with E-state index in [0.717, 1.165) is 4.90 Å². The Bertz CT molecular complexity index is 580. The van der Waals surface area contributed by atoms with E-state index in [9.17, 15) is 9.00 Å². The van der Waals surface area contributed by atoms with E-state index in [-0.39, 0.29) is 11.2 Å². The van der Waals surface area contributed by atoms with Crippen molar-refractivity contribution in [1.82, 2.24) is 10.2 Å². The van der Waals surface area contributed by atoms with Gasteiger partial charge in [-0.1, -0.05) is 25.2 Å². The molecular weight excluding hydrogens is 282 g/mol. The third-order valence-corrected chi connectivity index (χ3v) is 4.56. The van der Waals surface area contributed by atoms with Gasteiger partial charge in [-0.2, -0.15) is 0 Å². The molecule has 0 fully saturated rings. The molecule has 0 bridgehead atoms. The molecule has 0 aliphatic rings. The molecule has 19 heavy (non-hydrogen) atoms. The Balaban J connectivity index is 2.10. The van der Waals surface area contributed by atoms with E-state index < -0.39 is 10.8 Å². The molecule has 100 valence electrons. The second-order valence-corrected chi connectivity index (χ2v) is 6.91. The Labute approximate surface area is 117 Å². The van der Waals surface area contributed by atoms with Crippen LogP contribution in [0.2, 0.25) is 0 Å². The minimum absolute atomic E-state index is 0.0565. The fourth-order valence-electron chi connectivity index (χ4n) is 1.41. The fourth-order valence-corrected chi connectivity index (χ4v) is 2.80. The summed E-state index contributed by atoms with van der Waals surface area (Å²) in [6, 6.07) is 6.74. The monoisotopic (exact) mass is 295 g/mol. The summed E-state index contributed by atoms with van der Waals surface area (Å²) in [6.07, 6.45) is 0. The van der Waals surface area contributed by atoms with Crippen LogP contribution >= 0.6 is 11.3 Å². The van der Waals surface area contributed by atoms with Crippen molar-refractivity contribution in [2.24, 2.45) is 0 Å². The van der Waals surface area contributed by atoms with Gasteiger partial charge < -0.3 is 0 Å². The van der Waals surface area contributed by atoms with Gasteiger partial charge >= 0.3 is 0 Å². The van der Waals surface area contributed by atoms with Crippen LogP contribution in [0.4, 0.5) is 5.13 Å². The van der Waals surface area contributed by atoms with E-state index >= 15 is 0 Å². The molecule has 1 atom stereocenters. The zero-order chi connectivity index (χ0) is 13.8. The third kappa shape index (κ3) is 3.45. The summed E-state index contributed by atoms with van der Waals surface area (Å²) in [5.41, 5.74) is 2.05. The molecular formula is C12H13N3O2S2. The number of carbonyl (C=O) groups excluding carboxylic acids is 1. The average molecular weight is 295 g/mol. The zero-order valence-electron chi connectivity index (χ0n) is 10.5. The summed E-state index contributed by atoms with van der Waals surface area (Å²) in [7, 11) is -1.04. The van der Waals surface area contributed by atoms with Gasteiger partial charge in [0, 0.05) is 15.7 Å². The molecule has 0 saturated heterocycles. The maximum absolute atomic E-state index is 11.9. The number of rotatable bonds is 4. The number of carbonyl (C=O) groups is 1. The van der Waals surface area contributed by atoms with Crippen LogP contribution in [0.3, 0.4) is 0 Å². The lowest BCUT2D eigenvalue weighted by atomic mass is 10.2. The first-order valence-corrected chi connectivity index (χ1v) is 7.75. The van der Waals surface area contributed by atoms with Gasteiger partial charge in [-0.3, -0.25) is 14.3 Å². The van der Waals surface area contributed by atoms with Crippen LogP contribution in [0.1, 0.15) is 24.2 Å². The number of hydrogen-bond acceptors (Lipinski definition) is 5. The van der Waals surface area contributed by atoms with Gasteiger partial charge in [0.05, 0.1) is 10.8 Å². The molecule has 7 heteroatoms. The summed E-state index contributed by atoms with van der Waals surface area (Å²) >= 11 is 1.26. The van der Waals surface area contributed by atoms with E-state index in [4.69, 9.17) is 0 Å². The second kappa shape index (κ2) is 6.03. The van der Waals surface area contributed by atoms with Crippen LogP contribution in [0.25, 0.3) is 0 Å². The molecule has 2 rings (SSSR count). The highest BCUT2D eigenvalue weighted by atomic mass is 32.2. The van der Waals surface area contributed by atoms with Crippen molar-refractivity contribution >= 4 is 33.2 Å². The minimum atomic E-state index is -1.04. The lowest BCUT2D eigenvalue weighted by molar-refractivity contribution is 0.102. The molecule has 0 saturated carbocycles. The lowest BCUT2D eigenvalue weighted by Gasteiger charge is -2.06. The predicted molar refractivity (Wildman–Crippen MR) is 75.8 cm³/mol. The number of anilines is 1. The molecule has 0 aliphatic carbocycles. The molecule has 0 spiro atoms. The minimum Gasteiger partial charge on any atom is -0.296 e. The summed E-state index contributed by atoms with van der Waals surface area (Å²) in [5, 5.41) is 10.5. The molecule has 1 amide bonds. The maximum Gasteiger partial charge on any atom is 0.257 e. The van der Waals surface area contributed by atoms with E-state index in [1.165, 1.54) is 11.3 Å². The Kier molecular flexibility index (Phi) is 4.39. The second-order valence-electron chi connectivity index (χ2n) is 4.07. The van der Waals surface area contributed by atoms with Crippen LogP contribution < -0.4 is 5.32 Å². The number of nitrogens with zero attached hydrogens (tertiary/aromatic N) is 2. The third-order valence-electron chi connectivity index (χ3n) is 2.36. The van der Waals surface area contributed by atoms with Crippen molar-refractivity contribution in [3.05, 3.63) is 35.3 Å². The summed E-state index contributed by atoms with van der Waals surface area (Å²) < 4.78 is 11.9. The van der Waals surface area contributed by atoms with Crippen molar-refractivity contribution in [1.29, 1.82) is 0 Å². The van der Waals surface area contributed by atoms with Crippen molar-refractivity contribution in [3.63, 3.8) is 0 Å². The highest BCUT2D eigenvalue weighted by Crippen LogP contribution is 2.14. The van der Waals surface area contributed by atoms with Crippen LogP contribution in [-0.2, 0) is 10.8 Å². The summed E-state index contributed by atoms with van der Waals surface area (Å²) in [4.78, 5) is 12.6. The van der Waals surface area contributed by atoms with E-state index in [1.807, 2.05) is 13.8 Å². The Morgan fingerprint density at radius 2 is 2.00 bits per heavy atom. The van der Waals surface area contributed by atoms with Crippen LogP contribution in [0.5, 0.6) is 0 Å². The SMILES string of the molecule is CC(C)[S@](=O)c1ccc(C(=O)Nc2nncs2)cc1.